The third-order valence-corrected chi connectivity index (χ3v) is 3.53. The molecule has 116 valence electrons. The van der Waals surface area contributed by atoms with Gasteiger partial charge >= 0.3 is 0 Å². The molecule has 5 nitrogen and oxygen atoms in total. The van der Waals surface area contributed by atoms with Crippen LogP contribution in [-0.4, -0.2) is 23.4 Å². The fraction of sp³-hybridized carbons (Fsp3) is 0.562. The molecule has 2 aromatic rings. The van der Waals surface area contributed by atoms with Crippen LogP contribution in [0, 0.1) is 12.8 Å². The molecule has 1 N–H and O–H groups in total. The first-order valence-corrected chi connectivity index (χ1v) is 7.44. The van der Waals surface area contributed by atoms with Crippen molar-refractivity contribution in [2.75, 3.05) is 18.5 Å². The van der Waals surface area contributed by atoms with Gasteiger partial charge in [-0.25, -0.2) is 0 Å². The first kappa shape index (κ1) is 15.6. The second kappa shape index (κ2) is 6.80. The Morgan fingerprint density at radius 1 is 1.43 bits per heavy atom. The molecule has 0 atom stereocenters. The van der Waals surface area contributed by atoms with Gasteiger partial charge in [-0.15, -0.1) is 0 Å². The molecule has 0 fully saturated rings. The number of hydrogen-bond acceptors (Lipinski definition) is 4. The van der Waals surface area contributed by atoms with E-state index >= 15 is 0 Å². The van der Waals surface area contributed by atoms with Gasteiger partial charge in [-0.3, -0.25) is 4.68 Å². The molecule has 0 bridgehead atoms. The van der Waals surface area contributed by atoms with Crippen LogP contribution in [0.5, 0.6) is 0 Å². The number of aryl methyl sites for hydroxylation is 2. The lowest BCUT2D eigenvalue weighted by Gasteiger charge is -2.21. The van der Waals surface area contributed by atoms with Crippen molar-refractivity contribution in [1.82, 2.24) is 15.1 Å². The van der Waals surface area contributed by atoms with E-state index in [0.29, 0.717) is 5.92 Å². The van der Waals surface area contributed by atoms with Crippen LogP contribution >= 0.6 is 0 Å². The highest BCUT2D eigenvalue weighted by atomic mass is 16.3. The molecule has 5 heteroatoms. The van der Waals surface area contributed by atoms with Gasteiger partial charge in [0.05, 0.1) is 18.2 Å². The second-order valence-electron chi connectivity index (χ2n) is 6.02. The Morgan fingerprint density at radius 2 is 2.19 bits per heavy atom. The molecule has 2 heterocycles. The zero-order valence-corrected chi connectivity index (χ0v) is 13.7. The van der Waals surface area contributed by atoms with Crippen molar-refractivity contribution in [3.8, 4) is 0 Å². The van der Waals surface area contributed by atoms with Crippen molar-refractivity contribution in [1.29, 1.82) is 0 Å². The number of rotatable bonds is 7. The minimum absolute atomic E-state index is 0.647. The molecule has 0 saturated heterocycles. The summed E-state index contributed by atoms with van der Waals surface area (Å²) in [5, 5.41) is 8.08. The predicted octanol–water partition coefficient (Wildman–Crippen LogP) is 2.70. The zero-order chi connectivity index (χ0) is 15.4. The molecular weight excluding hydrogens is 264 g/mol. The Balaban J connectivity index is 2.13. The largest absolute Gasteiger partial charge is 0.472 e. The highest BCUT2D eigenvalue weighted by Gasteiger charge is 2.17. The molecule has 2 aromatic heterocycles. The average molecular weight is 290 g/mol. The lowest BCUT2D eigenvalue weighted by Crippen LogP contribution is -2.24. The summed E-state index contributed by atoms with van der Waals surface area (Å²) in [6.45, 7) is 9.18. The molecule has 0 aliphatic rings. The van der Waals surface area contributed by atoms with Crippen molar-refractivity contribution < 1.29 is 4.42 Å². The summed E-state index contributed by atoms with van der Waals surface area (Å²) < 4.78 is 7.11. The molecule has 0 saturated carbocycles. The molecule has 0 aliphatic carbocycles. The molecule has 2 rings (SSSR count). The first-order valence-electron chi connectivity index (χ1n) is 7.44. The van der Waals surface area contributed by atoms with Gasteiger partial charge < -0.3 is 14.6 Å². The fourth-order valence-corrected chi connectivity index (χ4v) is 2.59. The van der Waals surface area contributed by atoms with Crippen LogP contribution < -0.4 is 10.2 Å². The Morgan fingerprint density at radius 3 is 2.81 bits per heavy atom. The van der Waals surface area contributed by atoms with E-state index in [-0.39, 0.29) is 0 Å². The normalized spacial score (nSPS) is 11.3. The van der Waals surface area contributed by atoms with Crippen LogP contribution in [-0.2, 0) is 20.1 Å². The van der Waals surface area contributed by atoms with Crippen LogP contribution in [0.3, 0.4) is 0 Å². The van der Waals surface area contributed by atoms with Gasteiger partial charge in [0.25, 0.3) is 0 Å². The van der Waals surface area contributed by atoms with Gasteiger partial charge in [-0.2, -0.15) is 5.10 Å². The summed E-state index contributed by atoms with van der Waals surface area (Å²) in [4.78, 5) is 2.22. The molecule has 0 aromatic carbocycles. The van der Waals surface area contributed by atoms with Crippen LogP contribution in [0.4, 0.5) is 5.82 Å². The minimum Gasteiger partial charge on any atom is -0.472 e. The van der Waals surface area contributed by atoms with Crippen molar-refractivity contribution in [2.24, 2.45) is 13.0 Å². The standard InChI is InChI=1S/C16H26N4O/c1-12(2)8-17-9-15-13(3)18-20(5)16(15)19(4)10-14-6-7-21-11-14/h6-7,11-12,17H,8-10H2,1-5H3. The van der Waals surface area contributed by atoms with E-state index in [1.165, 1.54) is 5.56 Å². The van der Waals surface area contributed by atoms with Crippen molar-refractivity contribution in [3.05, 3.63) is 35.4 Å². The molecule has 0 unspecified atom stereocenters. The van der Waals surface area contributed by atoms with Gasteiger partial charge in [0, 0.05) is 38.3 Å². The summed E-state index contributed by atoms with van der Waals surface area (Å²) in [5.41, 5.74) is 3.52. The quantitative estimate of drug-likeness (QED) is 0.851. The van der Waals surface area contributed by atoms with E-state index in [1.54, 1.807) is 12.5 Å². The summed E-state index contributed by atoms with van der Waals surface area (Å²) in [6, 6.07) is 2.00. The van der Waals surface area contributed by atoms with E-state index in [2.05, 4.69) is 43.1 Å². The molecule has 0 aliphatic heterocycles. The first-order chi connectivity index (χ1) is 9.99. The number of nitrogens with zero attached hydrogens (tertiary/aromatic N) is 3. The lowest BCUT2D eigenvalue weighted by atomic mass is 10.2. The fourth-order valence-electron chi connectivity index (χ4n) is 2.59. The number of hydrogen-bond donors (Lipinski definition) is 1. The molecule has 0 radical (unpaired) electrons. The van der Waals surface area contributed by atoms with Crippen LogP contribution in [0.1, 0.15) is 30.7 Å². The number of aromatic nitrogens is 2. The number of anilines is 1. The number of nitrogens with one attached hydrogen (secondary N) is 1. The topological polar surface area (TPSA) is 46.2 Å². The highest BCUT2D eigenvalue weighted by molar-refractivity contribution is 5.49. The monoisotopic (exact) mass is 290 g/mol. The predicted molar refractivity (Wildman–Crippen MR) is 85.3 cm³/mol. The maximum atomic E-state index is 5.15. The molecule has 0 spiro atoms. The minimum atomic E-state index is 0.647. The maximum Gasteiger partial charge on any atom is 0.131 e. The van der Waals surface area contributed by atoms with Crippen LogP contribution in [0.25, 0.3) is 0 Å². The lowest BCUT2D eigenvalue weighted by molar-refractivity contribution is 0.551. The van der Waals surface area contributed by atoms with Crippen molar-refractivity contribution in [2.45, 2.75) is 33.9 Å². The Kier molecular flexibility index (Phi) is 5.07. The van der Waals surface area contributed by atoms with Gasteiger partial charge in [0.2, 0.25) is 0 Å². The maximum absolute atomic E-state index is 5.15. The molecule has 21 heavy (non-hydrogen) atoms. The number of furan rings is 1. The van der Waals surface area contributed by atoms with E-state index in [1.807, 2.05) is 17.8 Å². The summed E-state index contributed by atoms with van der Waals surface area (Å²) in [6.07, 6.45) is 3.50. The smallest absolute Gasteiger partial charge is 0.131 e. The van der Waals surface area contributed by atoms with Gasteiger partial charge in [-0.05, 0) is 25.5 Å². The van der Waals surface area contributed by atoms with E-state index in [0.717, 1.165) is 36.7 Å². The third kappa shape index (κ3) is 3.88. The van der Waals surface area contributed by atoms with E-state index in [4.69, 9.17) is 4.42 Å². The zero-order valence-electron chi connectivity index (χ0n) is 13.7. The average Bonchev–Trinajstić information content (AvgIpc) is 2.98. The van der Waals surface area contributed by atoms with Gasteiger partial charge in [0.1, 0.15) is 5.82 Å². The van der Waals surface area contributed by atoms with Crippen LogP contribution in [0.2, 0.25) is 0 Å². The Labute approximate surface area is 126 Å². The SMILES string of the molecule is Cc1nn(C)c(N(C)Cc2ccoc2)c1CNCC(C)C. The second-order valence-corrected chi connectivity index (χ2v) is 6.02. The Hall–Kier alpha value is -1.75. The van der Waals surface area contributed by atoms with Crippen molar-refractivity contribution in [3.63, 3.8) is 0 Å². The summed E-state index contributed by atoms with van der Waals surface area (Å²) in [7, 11) is 4.09. The van der Waals surface area contributed by atoms with E-state index in [9.17, 15) is 0 Å². The van der Waals surface area contributed by atoms with Crippen molar-refractivity contribution >= 4 is 5.82 Å². The highest BCUT2D eigenvalue weighted by Crippen LogP contribution is 2.23. The molecular formula is C16H26N4O. The van der Waals surface area contributed by atoms with Gasteiger partial charge in [-0.1, -0.05) is 13.8 Å². The van der Waals surface area contributed by atoms with E-state index < -0.39 is 0 Å². The van der Waals surface area contributed by atoms with Crippen LogP contribution in [0.15, 0.2) is 23.0 Å². The summed E-state index contributed by atoms with van der Waals surface area (Å²) in [5.74, 6) is 1.80. The molecule has 0 amide bonds. The summed E-state index contributed by atoms with van der Waals surface area (Å²) >= 11 is 0. The third-order valence-electron chi connectivity index (χ3n) is 3.53. The Bertz CT molecular complexity index is 557. The van der Waals surface area contributed by atoms with Gasteiger partial charge in [0.15, 0.2) is 0 Å².